The van der Waals surface area contributed by atoms with Crippen LogP contribution in [-0.2, 0) is 17.8 Å². The topological polar surface area (TPSA) is 54.1 Å². The van der Waals surface area contributed by atoms with Gasteiger partial charge >= 0.3 is 0 Å². The van der Waals surface area contributed by atoms with Crippen LogP contribution in [0.25, 0.3) is 0 Å². The summed E-state index contributed by atoms with van der Waals surface area (Å²) in [6.07, 6.45) is 3.84. The highest BCUT2D eigenvalue weighted by Crippen LogP contribution is 2.16. The van der Waals surface area contributed by atoms with Crippen molar-refractivity contribution in [2.75, 3.05) is 19.7 Å². The first-order valence-corrected chi connectivity index (χ1v) is 7.65. The molecule has 1 atom stereocenters. The lowest BCUT2D eigenvalue weighted by Crippen LogP contribution is -2.43. The summed E-state index contributed by atoms with van der Waals surface area (Å²) in [6, 6.07) is 6.54. The van der Waals surface area contributed by atoms with Gasteiger partial charge in [-0.3, -0.25) is 9.58 Å². The van der Waals surface area contributed by atoms with Gasteiger partial charge in [-0.25, -0.2) is 4.39 Å². The number of benzene rings is 1. The molecule has 0 aliphatic carbocycles. The molecule has 0 spiro atoms. The highest BCUT2D eigenvalue weighted by Gasteiger charge is 2.22. The Balaban J connectivity index is 1.63. The van der Waals surface area contributed by atoms with Crippen molar-refractivity contribution in [3.63, 3.8) is 0 Å². The number of rotatable bonds is 4. The Kier molecular flexibility index (Phi) is 4.70. The van der Waals surface area contributed by atoms with Crippen LogP contribution in [0.2, 0.25) is 0 Å². The summed E-state index contributed by atoms with van der Waals surface area (Å²) < 4.78 is 21.6. The Morgan fingerprint density at radius 2 is 2.35 bits per heavy atom. The Morgan fingerprint density at radius 1 is 1.48 bits per heavy atom. The number of nitriles is 1. The lowest BCUT2D eigenvalue weighted by Gasteiger charge is -2.33. The number of aromatic nitrogens is 2. The molecule has 5 nitrogen and oxygen atoms in total. The molecule has 1 saturated heterocycles. The zero-order valence-electron chi connectivity index (χ0n) is 13.1. The SMILES string of the molecule is Cc1cnn(C[C@H]2CN(Cc3cc(C#N)ccc3F)CCO2)c1. The van der Waals surface area contributed by atoms with Crippen LogP contribution in [0.1, 0.15) is 16.7 Å². The summed E-state index contributed by atoms with van der Waals surface area (Å²) in [6.45, 7) is 5.26. The van der Waals surface area contributed by atoms with Gasteiger partial charge in [0.2, 0.25) is 0 Å². The van der Waals surface area contributed by atoms with Crippen molar-refractivity contribution in [2.45, 2.75) is 26.1 Å². The van der Waals surface area contributed by atoms with Crippen LogP contribution >= 0.6 is 0 Å². The molecule has 0 N–H and O–H groups in total. The van der Waals surface area contributed by atoms with Crippen molar-refractivity contribution in [3.8, 4) is 6.07 Å². The van der Waals surface area contributed by atoms with Crippen molar-refractivity contribution < 1.29 is 9.13 Å². The van der Waals surface area contributed by atoms with Crippen LogP contribution in [0, 0.1) is 24.1 Å². The third-order valence-corrected chi connectivity index (χ3v) is 3.94. The minimum atomic E-state index is -0.269. The largest absolute Gasteiger partial charge is 0.374 e. The number of ether oxygens (including phenoxy) is 1. The van der Waals surface area contributed by atoms with Gasteiger partial charge in [-0.1, -0.05) is 0 Å². The smallest absolute Gasteiger partial charge is 0.127 e. The average molecular weight is 314 g/mol. The molecule has 1 aliphatic rings. The third-order valence-electron chi connectivity index (χ3n) is 3.94. The van der Waals surface area contributed by atoms with Crippen molar-refractivity contribution >= 4 is 0 Å². The van der Waals surface area contributed by atoms with Crippen molar-refractivity contribution in [1.29, 1.82) is 5.26 Å². The van der Waals surface area contributed by atoms with Gasteiger partial charge in [0.05, 0.1) is 37.1 Å². The van der Waals surface area contributed by atoms with E-state index in [0.717, 1.165) is 18.7 Å². The predicted molar refractivity (Wildman–Crippen MR) is 83.1 cm³/mol. The van der Waals surface area contributed by atoms with Gasteiger partial charge in [0, 0.05) is 31.4 Å². The number of aryl methyl sites for hydroxylation is 1. The lowest BCUT2D eigenvalue weighted by atomic mass is 10.1. The van der Waals surface area contributed by atoms with Gasteiger partial charge in [-0.15, -0.1) is 0 Å². The molecule has 3 rings (SSSR count). The van der Waals surface area contributed by atoms with E-state index >= 15 is 0 Å². The monoisotopic (exact) mass is 314 g/mol. The maximum Gasteiger partial charge on any atom is 0.127 e. The number of nitrogens with zero attached hydrogens (tertiary/aromatic N) is 4. The second kappa shape index (κ2) is 6.90. The molecular weight excluding hydrogens is 295 g/mol. The van der Waals surface area contributed by atoms with E-state index in [0.29, 0.717) is 30.8 Å². The molecule has 120 valence electrons. The van der Waals surface area contributed by atoms with Gasteiger partial charge in [-0.05, 0) is 30.7 Å². The first-order valence-electron chi connectivity index (χ1n) is 7.65. The van der Waals surface area contributed by atoms with Crippen molar-refractivity contribution in [3.05, 3.63) is 53.1 Å². The van der Waals surface area contributed by atoms with Gasteiger partial charge in [0.15, 0.2) is 0 Å². The molecule has 1 aromatic carbocycles. The zero-order valence-corrected chi connectivity index (χ0v) is 13.1. The standard InChI is InChI=1S/C17H19FN4O/c1-13-8-20-22(9-13)12-16-11-21(4-5-23-16)10-15-6-14(7-19)2-3-17(15)18/h2-3,6,8-9,16H,4-5,10-12H2,1H3/t16-/m1/s1. The first kappa shape index (κ1) is 15.7. The van der Waals surface area contributed by atoms with Crippen molar-refractivity contribution in [1.82, 2.24) is 14.7 Å². The summed E-state index contributed by atoms with van der Waals surface area (Å²) >= 11 is 0. The van der Waals surface area contributed by atoms with Crippen LogP contribution < -0.4 is 0 Å². The molecule has 23 heavy (non-hydrogen) atoms. The number of halogens is 1. The molecule has 0 radical (unpaired) electrons. The maximum absolute atomic E-state index is 13.9. The van der Waals surface area contributed by atoms with Crippen molar-refractivity contribution in [2.24, 2.45) is 0 Å². The van der Waals surface area contributed by atoms with E-state index in [1.54, 1.807) is 6.07 Å². The summed E-state index contributed by atoms with van der Waals surface area (Å²) in [4.78, 5) is 2.16. The molecule has 1 aliphatic heterocycles. The van der Waals surface area contributed by atoms with E-state index in [2.05, 4.69) is 16.1 Å². The molecule has 6 heteroatoms. The number of morpholine rings is 1. The fraction of sp³-hybridized carbons (Fsp3) is 0.412. The summed E-state index contributed by atoms with van der Waals surface area (Å²) in [5, 5.41) is 13.2. The van der Waals surface area contributed by atoms with E-state index < -0.39 is 0 Å². The molecule has 0 saturated carbocycles. The van der Waals surface area contributed by atoms with Crippen LogP contribution in [0.5, 0.6) is 0 Å². The minimum Gasteiger partial charge on any atom is -0.374 e. The Morgan fingerprint density at radius 3 is 3.09 bits per heavy atom. The zero-order chi connectivity index (χ0) is 16.2. The summed E-state index contributed by atoms with van der Waals surface area (Å²) in [5.74, 6) is -0.269. The average Bonchev–Trinajstić information content (AvgIpc) is 2.95. The fourth-order valence-corrected chi connectivity index (χ4v) is 2.82. The molecule has 0 unspecified atom stereocenters. The molecule has 0 amide bonds. The predicted octanol–water partition coefficient (Wildman–Crippen LogP) is 2.10. The molecule has 0 bridgehead atoms. The molecule has 2 heterocycles. The summed E-state index contributed by atoms with van der Waals surface area (Å²) in [5.41, 5.74) is 2.16. The second-order valence-electron chi connectivity index (χ2n) is 5.89. The Hall–Kier alpha value is -2.23. The third kappa shape index (κ3) is 3.95. The van der Waals surface area contributed by atoms with E-state index in [1.165, 1.54) is 12.1 Å². The van der Waals surface area contributed by atoms with Gasteiger partial charge in [0.1, 0.15) is 5.82 Å². The molecule has 1 aromatic heterocycles. The van der Waals surface area contributed by atoms with Gasteiger partial charge < -0.3 is 4.74 Å². The Bertz CT molecular complexity index is 722. The highest BCUT2D eigenvalue weighted by molar-refractivity contribution is 5.33. The quantitative estimate of drug-likeness (QED) is 0.867. The number of hydrogen-bond donors (Lipinski definition) is 0. The van der Waals surface area contributed by atoms with Crippen LogP contribution in [-0.4, -0.2) is 40.5 Å². The highest BCUT2D eigenvalue weighted by atomic mass is 19.1. The second-order valence-corrected chi connectivity index (χ2v) is 5.89. The maximum atomic E-state index is 13.9. The van der Waals surface area contributed by atoms with E-state index in [1.807, 2.05) is 24.0 Å². The molecule has 2 aromatic rings. The van der Waals surface area contributed by atoms with Gasteiger partial charge in [-0.2, -0.15) is 10.4 Å². The van der Waals surface area contributed by atoms with E-state index in [4.69, 9.17) is 10.00 Å². The first-order chi connectivity index (χ1) is 11.1. The van der Waals surface area contributed by atoms with E-state index in [-0.39, 0.29) is 11.9 Å². The summed E-state index contributed by atoms with van der Waals surface area (Å²) in [7, 11) is 0. The molecule has 1 fully saturated rings. The normalized spacial score (nSPS) is 18.7. The van der Waals surface area contributed by atoms with E-state index in [9.17, 15) is 4.39 Å². The van der Waals surface area contributed by atoms with Crippen LogP contribution in [0.15, 0.2) is 30.6 Å². The molecular formula is C17H19FN4O. The van der Waals surface area contributed by atoms with Gasteiger partial charge in [0.25, 0.3) is 0 Å². The Labute approximate surface area is 134 Å². The number of hydrogen-bond acceptors (Lipinski definition) is 4. The lowest BCUT2D eigenvalue weighted by molar-refractivity contribution is -0.0404. The van der Waals surface area contributed by atoms with Crippen LogP contribution in [0.4, 0.5) is 4.39 Å². The fourth-order valence-electron chi connectivity index (χ4n) is 2.82. The van der Waals surface area contributed by atoms with Crippen LogP contribution in [0.3, 0.4) is 0 Å². The minimum absolute atomic E-state index is 0.0326.